The van der Waals surface area contributed by atoms with Gasteiger partial charge < -0.3 is 18.7 Å². The maximum atomic E-state index is 5.62. The molecule has 0 saturated carbocycles. The van der Waals surface area contributed by atoms with E-state index in [1.807, 2.05) is 24.3 Å². The molecule has 7 heteroatoms. The molecule has 0 aliphatic carbocycles. The number of likely N-dealkylation sites (tertiary alicyclic amines) is 1. The van der Waals surface area contributed by atoms with Gasteiger partial charge in [-0.05, 0) is 26.0 Å². The van der Waals surface area contributed by atoms with Crippen LogP contribution < -0.4 is 14.2 Å². The molecule has 0 unspecified atom stereocenters. The van der Waals surface area contributed by atoms with Gasteiger partial charge in [0.2, 0.25) is 17.5 Å². The van der Waals surface area contributed by atoms with Crippen LogP contribution in [0.3, 0.4) is 0 Å². The fraction of sp³-hybridized carbons (Fsp3) is 0.391. The maximum Gasteiger partial charge on any atom is 0.231 e. The Morgan fingerprint density at radius 2 is 1.77 bits per heavy atom. The molecule has 1 aliphatic rings. The summed E-state index contributed by atoms with van der Waals surface area (Å²) in [5, 5.41) is 4.18. The second-order valence-corrected chi connectivity index (χ2v) is 7.54. The molecule has 4 rings (SSSR count). The van der Waals surface area contributed by atoms with E-state index in [4.69, 9.17) is 18.7 Å². The summed E-state index contributed by atoms with van der Waals surface area (Å²) >= 11 is 0. The highest BCUT2D eigenvalue weighted by molar-refractivity contribution is 5.56. The van der Waals surface area contributed by atoms with Crippen LogP contribution in [0.4, 0.5) is 0 Å². The van der Waals surface area contributed by atoms with Gasteiger partial charge in [0, 0.05) is 24.2 Å². The topological polar surface area (TPSA) is 69.9 Å². The lowest BCUT2D eigenvalue weighted by atomic mass is 10.1. The van der Waals surface area contributed by atoms with E-state index in [1.54, 1.807) is 21.3 Å². The summed E-state index contributed by atoms with van der Waals surface area (Å²) in [7, 11) is 4.90. The SMILES string of the molecule is COc1ccc(CN2CC[C@H](c3nc(-c4ccc(C)cc4)no3)C2)c(OC)c1OC. The van der Waals surface area contributed by atoms with Crippen LogP contribution in [-0.2, 0) is 6.54 Å². The summed E-state index contributed by atoms with van der Waals surface area (Å²) in [6, 6.07) is 12.1. The number of rotatable bonds is 7. The summed E-state index contributed by atoms with van der Waals surface area (Å²) in [4.78, 5) is 7.02. The molecule has 1 atom stereocenters. The molecule has 1 aromatic heterocycles. The number of hydrogen-bond acceptors (Lipinski definition) is 7. The Kier molecular flexibility index (Phi) is 5.90. The van der Waals surface area contributed by atoms with Crippen LogP contribution in [0.15, 0.2) is 40.9 Å². The van der Waals surface area contributed by atoms with Crippen molar-refractivity contribution in [3.8, 4) is 28.6 Å². The first-order chi connectivity index (χ1) is 14.6. The number of methoxy groups -OCH3 is 3. The summed E-state index contributed by atoms with van der Waals surface area (Å²) in [5.41, 5.74) is 3.24. The molecule has 7 nitrogen and oxygen atoms in total. The van der Waals surface area contributed by atoms with Gasteiger partial charge in [-0.3, -0.25) is 4.90 Å². The number of aryl methyl sites for hydroxylation is 1. The zero-order valence-electron chi connectivity index (χ0n) is 17.8. The minimum atomic E-state index is 0.225. The summed E-state index contributed by atoms with van der Waals surface area (Å²) in [6.07, 6.45) is 0.977. The fourth-order valence-corrected chi connectivity index (χ4v) is 3.93. The predicted molar refractivity (Wildman–Crippen MR) is 113 cm³/mol. The van der Waals surface area contributed by atoms with Gasteiger partial charge in [-0.25, -0.2) is 0 Å². The molecule has 1 saturated heterocycles. The Labute approximate surface area is 176 Å². The Morgan fingerprint density at radius 3 is 2.47 bits per heavy atom. The molecule has 158 valence electrons. The molecule has 0 spiro atoms. The van der Waals surface area contributed by atoms with E-state index in [0.717, 1.165) is 37.2 Å². The number of hydrogen-bond donors (Lipinski definition) is 0. The first-order valence-electron chi connectivity index (χ1n) is 10.0. The highest BCUT2D eigenvalue weighted by Gasteiger charge is 2.29. The van der Waals surface area contributed by atoms with Crippen molar-refractivity contribution in [3.05, 3.63) is 53.4 Å². The average molecular weight is 409 g/mol. The molecule has 0 N–H and O–H groups in total. The molecule has 2 heterocycles. The van der Waals surface area contributed by atoms with E-state index in [2.05, 4.69) is 34.1 Å². The number of benzene rings is 2. The molecule has 0 bridgehead atoms. The van der Waals surface area contributed by atoms with Crippen molar-refractivity contribution in [2.45, 2.75) is 25.8 Å². The molecular formula is C23H27N3O4. The molecule has 0 radical (unpaired) electrons. The largest absolute Gasteiger partial charge is 0.493 e. The normalized spacial score (nSPS) is 16.6. The minimum absolute atomic E-state index is 0.225. The van der Waals surface area contributed by atoms with E-state index in [9.17, 15) is 0 Å². The zero-order valence-corrected chi connectivity index (χ0v) is 17.8. The van der Waals surface area contributed by atoms with Crippen molar-refractivity contribution in [2.24, 2.45) is 0 Å². The molecule has 3 aromatic rings. The van der Waals surface area contributed by atoms with Gasteiger partial charge in [-0.2, -0.15) is 4.98 Å². The van der Waals surface area contributed by atoms with E-state index in [1.165, 1.54) is 5.56 Å². The van der Waals surface area contributed by atoms with Crippen molar-refractivity contribution in [1.82, 2.24) is 15.0 Å². The van der Waals surface area contributed by atoms with Crippen LogP contribution >= 0.6 is 0 Å². The highest BCUT2D eigenvalue weighted by atomic mass is 16.5. The molecule has 30 heavy (non-hydrogen) atoms. The van der Waals surface area contributed by atoms with Crippen LogP contribution in [0, 0.1) is 6.92 Å². The third-order valence-corrected chi connectivity index (χ3v) is 5.55. The van der Waals surface area contributed by atoms with E-state index >= 15 is 0 Å². The van der Waals surface area contributed by atoms with Crippen LogP contribution in [0.2, 0.25) is 0 Å². The van der Waals surface area contributed by atoms with Crippen molar-refractivity contribution in [3.63, 3.8) is 0 Å². The van der Waals surface area contributed by atoms with Gasteiger partial charge in [0.15, 0.2) is 11.5 Å². The lowest BCUT2D eigenvalue weighted by molar-refractivity contribution is 0.293. The summed E-state index contributed by atoms with van der Waals surface area (Å²) < 4.78 is 22.1. The highest BCUT2D eigenvalue weighted by Crippen LogP contribution is 2.41. The molecule has 1 aliphatic heterocycles. The van der Waals surface area contributed by atoms with Gasteiger partial charge >= 0.3 is 0 Å². The lowest BCUT2D eigenvalue weighted by Gasteiger charge is -2.20. The smallest absolute Gasteiger partial charge is 0.231 e. The van der Waals surface area contributed by atoms with Gasteiger partial charge in [-0.15, -0.1) is 0 Å². The number of ether oxygens (including phenoxy) is 3. The molecule has 2 aromatic carbocycles. The Morgan fingerprint density at radius 1 is 1.00 bits per heavy atom. The number of aromatic nitrogens is 2. The quantitative estimate of drug-likeness (QED) is 0.583. The fourth-order valence-electron chi connectivity index (χ4n) is 3.93. The van der Waals surface area contributed by atoms with Crippen molar-refractivity contribution < 1.29 is 18.7 Å². The van der Waals surface area contributed by atoms with Gasteiger partial charge in [-0.1, -0.05) is 41.1 Å². The first-order valence-corrected chi connectivity index (χ1v) is 10.0. The Balaban J connectivity index is 1.46. The van der Waals surface area contributed by atoms with Crippen molar-refractivity contribution >= 4 is 0 Å². The molecular weight excluding hydrogens is 382 g/mol. The van der Waals surface area contributed by atoms with E-state index in [-0.39, 0.29) is 5.92 Å². The zero-order chi connectivity index (χ0) is 21.1. The predicted octanol–water partition coefficient (Wildman–Crippen LogP) is 4.06. The second kappa shape index (κ2) is 8.75. The molecule has 0 amide bonds. The van der Waals surface area contributed by atoms with Crippen molar-refractivity contribution in [2.75, 3.05) is 34.4 Å². The summed E-state index contributed by atoms with van der Waals surface area (Å²) in [5.74, 6) is 3.56. The second-order valence-electron chi connectivity index (χ2n) is 7.54. The molecule has 1 fully saturated rings. The van der Waals surface area contributed by atoms with Crippen LogP contribution in [0.5, 0.6) is 17.2 Å². The number of nitrogens with zero attached hydrogens (tertiary/aromatic N) is 3. The maximum absolute atomic E-state index is 5.62. The minimum Gasteiger partial charge on any atom is -0.493 e. The van der Waals surface area contributed by atoms with Gasteiger partial charge in [0.25, 0.3) is 0 Å². The Bertz CT molecular complexity index is 1000. The van der Waals surface area contributed by atoms with Gasteiger partial charge in [0.1, 0.15) is 0 Å². The monoisotopic (exact) mass is 409 g/mol. The lowest BCUT2D eigenvalue weighted by Crippen LogP contribution is -2.20. The third-order valence-electron chi connectivity index (χ3n) is 5.55. The third kappa shape index (κ3) is 3.98. The van der Waals surface area contributed by atoms with Crippen LogP contribution in [-0.4, -0.2) is 49.5 Å². The van der Waals surface area contributed by atoms with Crippen molar-refractivity contribution in [1.29, 1.82) is 0 Å². The Hall–Kier alpha value is -3.06. The van der Waals surface area contributed by atoms with Crippen LogP contribution in [0.1, 0.15) is 29.4 Å². The summed E-state index contributed by atoms with van der Waals surface area (Å²) in [6.45, 7) is 4.61. The van der Waals surface area contributed by atoms with E-state index in [0.29, 0.717) is 29.0 Å². The average Bonchev–Trinajstić information content (AvgIpc) is 3.43. The standard InChI is InChI=1S/C23H27N3O4/c1-15-5-7-16(8-6-15)22-24-23(30-25-22)18-11-12-26(14-18)13-17-9-10-19(27-2)21(29-4)20(17)28-3/h5-10,18H,11-14H2,1-4H3/t18-/m0/s1. The van der Waals surface area contributed by atoms with Gasteiger partial charge in [0.05, 0.1) is 27.2 Å². The first kappa shape index (κ1) is 20.2. The van der Waals surface area contributed by atoms with E-state index < -0.39 is 0 Å². The van der Waals surface area contributed by atoms with Crippen LogP contribution in [0.25, 0.3) is 11.4 Å².